The topological polar surface area (TPSA) is 135 Å². The Labute approximate surface area is 338 Å². The normalized spacial score (nSPS) is 22.2. The largest absolute Gasteiger partial charge is 0.490 e. The number of hydrogen-bond donors (Lipinski definition) is 3. The summed E-state index contributed by atoms with van der Waals surface area (Å²) in [4.78, 5) is 27.2. The van der Waals surface area contributed by atoms with Crippen molar-refractivity contribution < 1.29 is 35.4 Å². The summed E-state index contributed by atoms with van der Waals surface area (Å²) < 4.78 is 66.9. The molecule has 9 nitrogen and oxygen atoms in total. The highest BCUT2D eigenvalue weighted by Crippen LogP contribution is 2.47. The molecule has 0 saturated heterocycles. The van der Waals surface area contributed by atoms with Crippen molar-refractivity contribution in [3.63, 3.8) is 0 Å². The minimum absolute atomic E-state index is 0.0455. The SMILES string of the molecule is [2H]C([2H])(Oc1cc(C(C)[C@H](C(C)CC)C(C)[C@](C)(N)[C@H](C[C@](C)(C(=O)NCC(C)(C(N)=O)C(C)(C)C)C(C)C(C)C)OC)ccc1OCC)C([2H])(C)C([2H])([2H])OC(C)C. The Balaban J connectivity index is 3.78. The summed E-state index contributed by atoms with van der Waals surface area (Å²) in [6.45, 7) is 27.3. The number of amides is 2. The van der Waals surface area contributed by atoms with Gasteiger partial charge in [-0.15, -0.1) is 0 Å². The maximum Gasteiger partial charge on any atom is 0.226 e. The minimum Gasteiger partial charge on any atom is -0.490 e. The molecule has 0 bridgehead atoms. The predicted octanol–water partition coefficient (Wildman–Crippen LogP) is 9.00. The lowest BCUT2D eigenvalue weighted by Crippen LogP contribution is -2.60. The van der Waals surface area contributed by atoms with E-state index in [2.05, 4.69) is 53.8 Å². The number of rotatable bonds is 24. The average molecular weight is 767 g/mol. The summed E-state index contributed by atoms with van der Waals surface area (Å²) in [5, 5.41) is 3.12. The smallest absolute Gasteiger partial charge is 0.226 e. The van der Waals surface area contributed by atoms with E-state index in [0.717, 1.165) is 18.9 Å². The van der Waals surface area contributed by atoms with E-state index >= 15 is 0 Å². The molecule has 1 aromatic carbocycles. The second kappa shape index (κ2) is 20.7. The summed E-state index contributed by atoms with van der Waals surface area (Å²) >= 11 is 0. The zero-order valence-electron chi connectivity index (χ0n) is 42.3. The van der Waals surface area contributed by atoms with Crippen LogP contribution in [0.5, 0.6) is 11.5 Å². The summed E-state index contributed by atoms with van der Waals surface area (Å²) in [5.74, 6) is -3.02. The van der Waals surface area contributed by atoms with Crippen LogP contribution < -0.4 is 26.3 Å². The lowest BCUT2D eigenvalue weighted by molar-refractivity contribution is -0.141. The molecule has 1 aromatic rings. The van der Waals surface area contributed by atoms with Crippen LogP contribution in [0.4, 0.5) is 0 Å². The van der Waals surface area contributed by atoms with Gasteiger partial charge in [-0.1, -0.05) is 95.6 Å². The van der Waals surface area contributed by atoms with E-state index in [4.69, 9.17) is 37.3 Å². The lowest BCUT2D eigenvalue weighted by atomic mass is 9.61. The third kappa shape index (κ3) is 12.3. The highest BCUT2D eigenvalue weighted by molar-refractivity contribution is 5.85. The molecule has 0 aliphatic rings. The molecule has 0 aliphatic carbocycles. The zero-order valence-corrected chi connectivity index (χ0v) is 37.3. The van der Waals surface area contributed by atoms with Gasteiger partial charge >= 0.3 is 0 Å². The van der Waals surface area contributed by atoms with E-state index in [0.29, 0.717) is 6.42 Å². The van der Waals surface area contributed by atoms with Gasteiger partial charge in [0.05, 0.1) is 48.2 Å². The van der Waals surface area contributed by atoms with Crippen LogP contribution in [0.15, 0.2) is 18.2 Å². The molecule has 0 heterocycles. The molecule has 314 valence electrons. The zero-order chi connectivity index (χ0) is 46.5. The minimum atomic E-state index is -2.85. The number of hydrogen-bond acceptors (Lipinski definition) is 7. The number of nitrogens with one attached hydrogen (secondary N) is 1. The van der Waals surface area contributed by atoms with E-state index in [1.807, 2.05) is 40.7 Å². The Morgan fingerprint density at radius 2 is 1.48 bits per heavy atom. The number of methoxy groups -OCH3 is 1. The van der Waals surface area contributed by atoms with Gasteiger partial charge in [-0.25, -0.2) is 0 Å². The number of nitrogens with two attached hydrogens (primary N) is 2. The highest BCUT2D eigenvalue weighted by atomic mass is 16.5. The fourth-order valence-electron chi connectivity index (χ4n) is 7.49. The van der Waals surface area contributed by atoms with E-state index in [-0.39, 0.29) is 66.1 Å². The van der Waals surface area contributed by atoms with Gasteiger partial charge in [0.1, 0.15) is 0 Å². The Morgan fingerprint density at radius 1 is 0.889 bits per heavy atom. The lowest BCUT2D eigenvalue weighted by Gasteiger charge is -2.49. The Morgan fingerprint density at radius 3 is 1.94 bits per heavy atom. The third-order valence-electron chi connectivity index (χ3n) is 12.9. The number of ether oxygens (including phenoxy) is 4. The van der Waals surface area contributed by atoms with Gasteiger partial charge in [-0.05, 0) is 99.7 Å². The van der Waals surface area contributed by atoms with Crippen molar-refractivity contribution in [3.05, 3.63) is 23.8 Å². The van der Waals surface area contributed by atoms with Crippen LogP contribution in [0, 0.1) is 51.7 Å². The summed E-state index contributed by atoms with van der Waals surface area (Å²) in [6.07, 6.45) is -0.00846. The van der Waals surface area contributed by atoms with Crippen molar-refractivity contribution in [1.29, 1.82) is 0 Å². The Hall–Kier alpha value is -2.36. The van der Waals surface area contributed by atoms with Crippen molar-refractivity contribution >= 4 is 11.8 Å². The number of carbonyl (C=O) groups excluding carboxylic acids is 2. The van der Waals surface area contributed by atoms with E-state index in [9.17, 15) is 9.59 Å². The molecule has 54 heavy (non-hydrogen) atoms. The standard InChI is InChI=1S/C45H83N3O6/c1-19-31(8)39(32(9)35-21-22-36(52-20-2)37(23-35)54-26-30(7)25-53-29(5)6)34(11)45(17,47)38(51-18)24-43(15,33(10)28(3)4)41(50)48-27-44(16,40(46)49)42(12,13)14/h21-23,28-34,38-39H,19-20,24-27,47H2,1-18H3,(H2,46,49)(H,48,50)/t30?,31?,32?,33?,34?,38-,39-,43-,44?,45-/m0/s1/i25D2,26D2,30D. The average Bonchev–Trinajstić information content (AvgIpc) is 3.11. The van der Waals surface area contributed by atoms with Gasteiger partial charge in [0, 0.05) is 26.5 Å². The van der Waals surface area contributed by atoms with Crippen molar-refractivity contribution in [2.75, 3.05) is 33.4 Å². The molecule has 9 heteroatoms. The first-order valence-electron chi connectivity index (χ1n) is 22.6. The number of primary amides is 1. The van der Waals surface area contributed by atoms with Gasteiger partial charge in [0.2, 0.25) is 11.8 Å². The van der Waals surface area contributed by atoms with E-state index < -0.39 is 58.9 Å². The molecule has 10 atom stereocenters. The summed E-state index contributed by atoms with van der Waals surface area (Å²) in [7, 11) is 1.63. The maximum atomic E-state index is 14.5. The maximum absolute atomic E-state index is 14.5. The van der Waals surface area contributed by atoms with Crippen LogP contribution in [0.2, 0.25) is 0 Å². The summed E-state index contributed by atoms with van der Waals surface area (Å²) in [6, 6.07) is 5.36. The second-order valence-electron chi connectivity index (χ2n) is 18.2. The molecule has 1 rings (SSSR count). The molecule has 0 aliphatic heterocycles. The van der Waals surface area contributed by atoms with Crippen molar-refractivity contribution in [2.24, 2.45) is 63.2 Å². The van der Waals surface area contributed by atoms with Gasteiger partial charge in [0.15, 0.2) is 11.5 Å². The van der Waals surface area contributed by atoms with Gasteiger partial charge in [-0.2, -0.15) is 0 Å². The van der Waals surface area contributed by atoms with Crippen LogP contribution in [-0.2, 0) is 19.1 Å². The summed E-state index contributed by atoms with van der Waals surface area (Å²) in [5.41, 5.74) is 10.8. The van der Waals surface area contributed by atoms with E-state index in [1.165, 1.54) is 0 Å². The van der Waals surface area contributed by atoms with Crippen molar-refractivity contribution in [1.82, 2.24) is 5.32 Å². The van der Waals surface area contributed by atoms with Gasteiger partial charge in [0.25, 0.3) is 0 Å². The van der Waals surface area contributed by atoms with Crippen LogP contribution in [0.1, 0.15) is 149 Å². The highest BCUT2D eigenvalue weighted by Gasteiger charge is 2.50. The van der Waals surface area contributed by atoms with Crippen LogP contribution in [-0.4, -0.2) is 62.9 Å². The number of benzene rings is 1. The fourth-order valence-corrected chi connectivity index (χ4v) is 7.49. The monoisotopic (exact) mass is 767 g/mol. The van der Waals surface area contributed by atoms with Crippen molar-refractivity contribution in [3.8, 4) is 11.5 Å². The van der Waals surface area contributed by atoms with Crippen molar-refractivity contribution in [2.45, 2.75) is 154 Å². The molecule has 0 aromatic heterocycles. The quantitative estimate of drug-likeness (QED) is 0.0956. The second-order valence-corrected chi connectivity index (χ2v) is 18.2. The third-order valence-corrected chi connectivity index (χ3v) is 12.9. The molecule has 0 saturated carbocycles. The van der Waals surface area contributed by atoms with E-state index in [1.54, 1.807) is 46.9 Å². The molecule has 2 amide bonds. The first kappa shape index (κ1) is 41.3. The first-order chi connectivity index (χ1) is 26.6. The van der Waals surface area contributed by atoms with Gasteiger partial charge in [-0.3, -0.25) is 9.59 Å². The van der Waals surface area contributed by atoms with Crippen LogP contribution >= 0.6 is 0 Å². The number of carbonyl (C=O) groups is 2. The first-order valence-corrected chi connectivity index (χ1v) is 20.1. The molecule has 6 unspecified atom stereocenters. The Kier molecular flexibility index (Phi) is 15.8. The van der Waals surface area contributed by atoms with Gasteiger partial charge < -0.3 is 35.7 Å². The van der Waals surface area contributed by atoms with Crippen LogP contribution in [0.3, 0.4) is 0 Å². The molecule has 0 spiro atoms. The molecular formula is C45H83N3O6. The molecular weight excluding hydrogens is 679 g/mol. The van der Waals surface area contributed by atoms with Crippen LogP contribution in [0.25, 0.3) is 0 Å². The molecule has 5 N–H and O–H groups in total. The Bertz CT molecular complexity index is 1530. The fraction of sp³-hybridized carbons (Fsp3) is 0.822. The molecule has 0 fully saturated rings. The predicted molar refractivity (Wildman–Crippen MR) is 224 cm³/mol. The molecule has 0 radical (unpaired) electrons.